The van der Waals surface area contributed by atoms with Gasteiger partial charge in [-0.2, -0.15) is 0 Å². The van der Waals surface area contributed by atoms with Crippen LogP contribution in [-0.2, 0) is 0 Å². The Hall–Kier alpha value is -1.04. The maximum absolute atomic E-state index is 2.55. The Balaban J connectivity index is 1.67. The molecule has 0 aromatic carbocycles. The number of hydrogen-bond donors (Lipinski definition) is 0. The molecule has 0 saturated heterocycles. The highest BCUT2D eigenvalue weighted by molar-refractivity contribution is 5.22. The summed E-state index contributed by atoms with van der Waals surface area (Å²) in [5.74, 6) is 5.05. The zero-order valence-corrected chi connectivity index (χ0v) is 14.8. The van der Waals surface area contributed by atoms with Crippen molar-refractivity contribution in [2.24, 2.45) is 40.9 Å². The summed E-state index contributed by atoms with van der Waals surface area (Å²) in [4.78, 5) is 0. The lowest BCUT2D eigenvalue weighted by Gasteiger charge is -2.48. The molecule has 0 aromatic rings. The van der Waals surface area contributed by atoms with Gasteiger partial charge < -0.3 is 0 Å². The molecule has 4 aliphatic rings. The molecule has 4 rings (SSSR count). The fraction of sp³-hybridized carbons (Fsp3) is 0.652. The summed E-state index contributed by atoms with van der Waals surface area (Å²) < 4.78 is 0. The van der Waals surface area contributed by atoms with Gasteiger partial charge in [-0.3, -0.25) is 0 Å². The van der Waals surface area contributed by atoms with Gasteiger partial charge >= 0.3 is 0 Å². The van der Waals surface area contributed by atoms with Crippen molar-refractivity contribution in [2.75, 3.05) is 0 Å². The number of rotatable bonds is 4. The van der Waals surface area contributed by atoms with Gasteiger partial charge in [-0.05, 0) is 79.4 Å². The Morgan fingerprint density at radius 2 is 1.09 bits per heavy atom. The molecule has 6 atom stereocenters. The second kappa shape index (κ2) is 6.11. The van der Waals surface area contributed by atoms with E-state index in [9.17, 15) is 0 Å². The minimum atomic E-state index is 0.546. The van der Waals surface area contributed by atoms with Gasteiger partial charge in [0.2, 0.25) is 0 Å². The van der Waals surface area contributed by atoms with Crippen LogP contribution in [0.3, 0.4) is 0 Å². The molecule has 0 aliphatic heterocycles. The third-order valence-electron chi connectivity index (χ3n) is 7.94. The summed E-state index contributed by atoms with van der Waals surface area (Å²) in [5.41, 5.74) is 0.546. The zero-order chi connectivity index (χ0) is 15.9. The minimum Gasteiger partial charge on any atom is -0.0808 e. The van der Waals surface area contributed by atoms with Gasteiger partial charge in [0.1, 0.15) is 0 Å². The molecule has 0 aromatic heterocycles. The van der Waals surface area contributed by atoms with E-state index in [2.05, 4.69) is 62.5 Å². The first-order chi connectivity index (χ1) is 11.3. The van der Waals surface area contributed by atoms with E-state index in [0.29, 0.717) is 5.41 Å². The topological polar surface area (TPSA) is 0 Å². The lowest BCUT2D eigenvalue weighted by atomic mass is 9.56. The first kappa shape index (κ1) is 15.5. The van der Waals surface area contributed by atoms with Crippen LogP contribution in [-0.4, -0.2) is 0 Å². The predicted molar refractivity (Wildman–Crippen MR) is 99.0 cm³/mol. The minimum absolute atomic E-state index is 0.546. The van der Waals surface area contributed by atoms with Gasteiger partial charge in [-0.15, -0.1) is 0 Å². The molecule has 124 valence electrons. The maximum Gasteiger partial charge on any atom is -0.0134 e. The number of fused-ring (bicyclic) bond motifs is 2. The molecular weight excluding hydrogens is 276 g/mol. The van der Waals surface area contributed by atoms with E-state index in [1.807, 2.05) is 0 Å². The Morgan fingerprint density at radius 1 is 0.652 bits per heavy atom. The van der Waals surface area contributed by atoms with E-state index in [-0.39, 0.29) is 0 Å². The second-order valence-electron chi connectivity index (χ2n) is 8.33. The molecule has 4 aliphatic carbocycles. The van der Waals surface area contributed by atoms with Crippen molar-refractivity contribution in [1.82, 2.24) is 0 Å². The van der Waals surface area contributed by atoms with E-state index in [1.54, 1.807) is 0 Å². The molecule has 0 heteroatoms. The fourth-order valence-electron chi connectivity index (χ4n) is 6.83. The van der Waals surface area contributed by atoms with Gasteiger partial charge in [-0.25, -0.2) is 0 Å². The van der Waals surface area contributed by atoms with Crippen molar-refractivity contribution in [1.29, 1.82) is 0 Å². The van der Waals surface area contributed by atoms with Crippen LogP contribution in [0.15, 0.2) is 48.6 Å². The van der Waals surface area contributed by atoms with Crippen LogP contribution < -0.4 is 0 Å². The highest BCUT2D eigenvalue weighted by atomic mass is 14.6. The van der Waals surface area contributed by atoms with Gasteiger partial charge in [0.15, 0.2) is 0 Å². The largest absolute Gasteiger partial charge is 0.0808 e. The van der Waals surface area contributed by atoms with Crippen molar-refractivity contribution in [3.05, 3.63) is 48.6 Å². The molecule has 6 unspecified atom stereocenters. The monoisotopic (exact) mass is 308 g/mol. The Labute approximate surface area is 142 Å². The summed E-state index contributed by atoms with van der Waals surface area (Å²) in [6.07, 6.45) is 27.7. The smallest absolute Gasteiger partial charge is 0.0134 e. The van der Waals surface area contributed by atoms with Crippen molar-refractivity contribution >= 4 is 0 Å². The van der Waals surface area contributed by atoms with Crippen LogP contribution in [0.2, 0.25) is 0 Å². The highest BCUT2D eigenvalue weighted by Gasteiger charge is 2.53. The first-order valence-electron chi connectivity index (χ1n) is 10.00. The summed E-state index contributed by atoms with van der Waals surface area (Å²) in [6.45, 7) is 4.96. The zero-order valence-electron chi connectivity index (χ0n) is 14.8. The third-order valence-corrected chi connectivity index (χ3v) is 7.94. The van der Waals surface area contributed by atoms with E-state index in [4.69, 9.17) is 0 Å². The van der Waals surface area contributed by atoms with Crippen LogP contribution in [0.4, 0.5) is 0 Å². The molecule has 0 bridgehead atoms. The Morgan fingerprint density at radius 3 is 1.52 bits per heavy atom. The van der Waals surface area contributed by atoms with E-state index in [1.165, 1.54) is 38.5 Å². The van der Waals surface area contributed by atoms with Crippen LogP contribution in [0.25, 0.3) is 0 Å². The molecule has 23 heavy (non-hydrogen) atoms. The van der Waals surface area contributed by atoms with E-state index in [0.717, 1.165) is 35.5 Å². The molecule has 2 fully saturated rings. The Bertz CT molecular complexity index is 496. The predicted octanol–water partition coefficient (Wildman–Crippen LogP) is 6.33. The molecule has 0 spiro atoms. The van der Waals surface area contributed by atoms with Crippen LogP contribution in [0, 0.1) is 40.9 Å². The molecule has 2 saturated carbocycles. The van der Waals surface area contributed by atoms with Gasteiger partial charge in [0, 0.05) is 0 Å². The summed E-state index contributed by atoms with van der Waals surface area (Å²) >= 11 is 0. The average molecular weight is 309 g/mol. The Kier molecular flexibility index (Phi) is 4.12. The molecule has 0 radical (unpaired) electrons. The van der Waals surface area contributed by atoms with Crippen molar-refractivity contribution in [3.8, 4) is 0 Å². The lowest BCUT2D eigenvalue weighted by Crippen LogP contribution is -2.41. The lowest BCUT2D eigenvalue weighted by molar-refractivity contribution is 0.0255. The quantitative estimate of drug-likeness (QED) is 0.569. The highest BCUT2D eigenvalue weighted by Crippen LogP contribution is 2.61. The second-order valence-corrected chi connectivity index (χ2v) is 8.33. The van der Waals surface area contributed by atoms with Crippen LogP contribution in [0.1, 0.15) is 52.4 Å². The summed E-state index contributed by atoms with van der Waals surface area (Å²) in [7, 11) is 0. The van der Waals surface area contributed by atoms with Crippen molar-refractivity contribution < 1.29 is 0 Å². The van der Waals surface area contributed by atoms with Crippen LogP contribution >= 0.6 is 0 Å². The van der Waals surface area contributed by atoms with Crippen molar-refractivity contribution in [3.63, 3.8) is 0 Å². The molecule has 0 nitrogen and oxygen atoms in total. The molecule has 0 N–H and O–H groups in total. The third kappa shape index (κ3) is 2.32. The van der Waals surface area contributed by atoms with Crippen LogP contribution in [0.5, 0.6) is 0 Å². The van der Waals surface area contributed by atoms with E-state index < -0.39 is 0 Å². The molecule has 0 heterocycles. The molecule has 0 amide bonds. The molecular formula is C23H32. The normalized spacial score (nSPS) is 41.3. The number of allylic oxidation sites excluding steroid dienone is 8. The van der Waals surface area contributed by atoms with Crippen molar-refractivity contribution in [2.45, 2.75) is 52.4 Å². The summed E-state index contributed by atoms with van der Waals surface area (Å²) in [6, 6.07) is 0. The average Bonchev–Trinajstić information content (AvgIpc) is 3.23. The fourth-order valence-corrected chi connectivity index (χ4v) is 6.83. The van der Waals surface area contributed by atoms with Gasteiger partial charge in [0.25, 0.3) is 0 Å². The SMILES string of the molecule is CCC(CC)(C1CCC2C=CC=CC21)C1CCC2C=CC=CC21. The summed E-state index contributed by atoms with van der Waals surface area (Å²) in [5, 5.41) is 0. The van der Waals surface area contributed by atoms with Gasteiger partial charge in [0.05, 0.1) is 0 Å². The van der Waals surface area contributed by atoms with Gasteiger partial charge in [-0.1, -0.05) is 62.5 Å². The number of hydrogen-bond acceptors (Lipinski definition) is 0. The van der Waals surface area contributed by atoms with E-state index >= 15 is 0 Å². The first-order valence-corrected chi connectivity index (χ1v) is 10.00. The standard InChI is InChI=1S/C23H32/c1-3-23(4-2,21-15-13-17-9-5-7-11-19(17)21)22-16-14-18-10-6-8-12-20(18)22/h5-12,17-22H,3-4,13-16H2,1-2H3. The maximum atomic E-state index is 2.55.